The lowest BCUT2D eigenvalue weighted by molar-refractivity contribution is 0.0764. The summed E-state index contributed by atoms with van der Waals surface area (Å²) in [5, 5.41) is 4.24. The quantitative estimate of drug-likeness (QED) is 0.799. The molecule has 0 spiro atoms. The lowest BCUT2D eigenvalue weighted by atomic mass is 10.3. The van der Waals surface area contributed by atoms with Crippen LogP contribution < -0.4 is 9.47 Å². The molecular weight excluding hydrogens is 376 g/mol. The van der Waals surface area contributed by atoms with E-state index in [0.717, 1.165) is 23.9 Å². The van der Waals surface area contributed by atoms with Crippen LogP contribution in [0.3, 0.4) is 0 Å². The number of fused-ring (bicyclic) bond motifs is 1. The first-order chi connectivity index (χ1) is 11.7. The van der Waals surface area contributed by atoms with Gasteiger partial charge in [0.1, 0.15) is 11.7 Å². The van der Waals surface area contributed by atoms with Gasteiger partial charge in [-0.2, -0.15) is 5.10 Å². The van der Waals surface area contributed by atoms with Crippen molar-refractivity contribution in [2.45, 2.75) is 25.5 Å². The minimum absolute atomic E-state index is 0.0515. The van der Waals surface area contributed by atoms with Gasteiger partial charge in [-0.25, -0.2) is 9.67 Å². The third-order valence-corrected chi connectivity index (χ3v) is 4.81. The Hall–Kier alpha value is -2.09. The Kier molecular flexibility index (Phi) is 4.13. The van der Waals surface area contributed by atoms with Crippen LogP contribution in [0, 0.1) is 0 Å². The number of ether oxygens (including phenoxy) is 2. The summed E-state index contributed by atoms with van der Waals surface area (Å²) in [5.74, 6) is 1.09. The highest BCUT2D eigenvalue weighted by Crippen LogP contribution is 2.27. The number of carbonyl (C=O) groups is 1. The fourth-order valence-electron chi connectivity index (χ4n) is 3.01. The number of aromatic nitrogens is 3. The van der Waals surface area contributed by atoms with Crippen LogP contribution in [0.4, 0.5) is 0 Å². The van der Waals surface area contributed by atoms with Crippen LogP contribution in [0.15, 0.2) is 29.0 Å². The number of carbonyl (C=O) groups excluding carboxylic acids is 1. The van der Waals surface area contributed by atoms with E-state index >= 15 is 0 Å². The summed E-state index contributed by atoms with van der Waals surface area (Å²) in [7, 11) is 0. The summed E-state index contributed by atoms with van der Waals surface area (Å²) < 4.78 is 14.1. The molecule has 0 saturated carbocycles. The molecule has 24 heavy (non-hydrogen) atoms. The minimum atomic E-state index is -0.0625. The Balaban J connectivity index is 1.44. The Bertz CT molecular complexity index is 764. The van der Waals surface area contributed by atoms with Gasteiger partial charge in [0.2, 0.25) is 11.8 Å². The van der Waals surface area contributed by atoms with Crippen molar-refractivity contribution in [3.63, 3.8) is 0 Å². The number of hydrogen-bond acceptors (Lipinski definition) is 5. The Morgan fingerprint density at radius 1 is 1.42 bits per heavy atom. The number of nitrogens with zero attached hydrogens (tertiary/aromatic N) is 4. The Morgan fingerprint density at radius 2 is 2.33 bits per heavy atom. The summed E-state index contributed by atoms with van der Waals surface area (Å²) in [6.45, 7) is 2.61. The molecule has 1 fully saturated rings. The van der Waals surface area contributed by atoms with E-state index in [0.29, 0.717) is 37.0 Å². The van der Waals surface area contributed by atoms with E-state index in [9.17, 15) is 4.79 Å². The van der Waals surface area contributed by atoms with Gasteiger partial charge in [0.15, 0.2) is 0 Å². The van der Waals surface area contributed by atoms with E-state index in [1.165, 1.54) is 0 Å². The summed E-state index contributed by atoms with van der Waals surface area (Å²) in [6, 6.07) is 3.72. The number of pyridine rings is 1. The highest BCUT2D eigenvalue weighted by molar-refractivity contribution is 9.10. The second-order valence-corrected chi connectivity index (χ2v) is 6.71. The lowest BCUT2D eigenvalue weighted by Crippen LogP contribution is -2.31. The first-order valence-electron chi connectivity index (χ1n) is 7.97. The maximum Gasteiger partial charge on any atom is 0.261 e. The highest BCUT2D eigenvalue weighted by atomic mass is 79.9. The summed E-state index contributed by atoms with van der Waals surface area (Å²) >= 11 is 3.42. The molecule has 2 aliphatic heterocycles. The topological polar surface area (TPSA) is 69.5 Å². The molecule has 8 heteroatoms. The van der Waals surface area contributed by atoms with Crippen LogP contribution in [0.25, 0.3) is 0 Å². The third-order valence-electron chi connectivity index (χ3n) is 4.21. The maximum atomic E-state index is 12.8. The third kappa shape index (κ3) is 2.86. The molecule has 7 nitrogen and oxygen atoms in total. The Morgan fingerprint density at radius 3 is 3.21 bits per heavy atom. The van der Waals surface area contributed by atoms with Crippen molar-refractivity contribution < 1.29 is 14.3 Å². The molecule has 0 aliphatic carbocycles. The van der Waals surface area contributed by atoms with Crippen LogP contribution >= 0.6 is 15.9 Å². The molecule has 1 atom stereocenters. The smallest absolute Gasteiger partial charge is 0.261 e. The van der Waals surface area contributed by atoms with Crippen molar-refractivity contribution >= 4 is 21.8 Å². The van der Waals surface area contributed by atoms with Gasteiger partial charge in [-0.15, -0.1) is 0 Å². The number of rotatable bonds is 3. The summed E-state index contributed by atoms with van der Waals surface area (Å²) in [6.07, 6.45) is 4.92. The summed E-state index contributed by atoms with van der Waals surface area (Å²) in [5.41, 5.74) is 0.536. The van der Waals surface area contributed by atoms with E-state index < -0.39 is 0 Å². The van der Waals surface area contributed by atoms with E-state index in [-0.39, 0.29) is 12.0 Å². The Labute approximate surface area is 147 Å². The fourth-order valence-corrected chi connectivity index (χ4v) is 3.36. The molecule has 1 amide bonds. The molecule has 126 valence electrons. The molecule has 2 aliphatic rings. The fraction of sp³-hybridized carbons (Fsp3) is 0.438. The van der Waals surface area contributed by atoms with Crippen LogP contribution in [0.2, 0.25) is 0 Å². The normalized spacial score (nSPS) is 19.7. The van der Waals surface area contributed by atoms with E-state index in [1.807, 2.05) is 12.1 Å². The van der Waals surface area contributed by atoms with Crippen LogP contribution in [-0.2, 0) is 6.54 Å². The predicted molar refractivity (Wildman–Crippen MR) is 89.2 cm³/mol. The number of aryl methyl sites for hydroxylation is 1. The van der Waals surface area contributed by atoms with Crippen LogP contribution in [-0.4, -0.2) is 51.4 Å². The van der Waals surface area contributed by atoms with Gasteiger partial charge in [-0.1, -0.05) is 0 Å². The molecule has 0 N–H and O–H groups in total. The molecular formula is C16H17BrN4O3. The van der Waals surface area contributed by atoms with Crippen LogP contribution in [0.1, 0.15) is 23.2 Å². The molecule has 2 aromatic rings. The average Bonchev–Trinajstić information content (AvgIpc) is 3.23. The predicted octanol–water partition coefficient (Wildman–Crippen LogP) is 2.12. The van der Waals surface area contributed by atoms with Crippen molar-refractivity contribution in [2.24, 2.45) is 0 Å². The zero-order valence-corrected chi connectivity index (χ0v) is 14.6. The standard InChI is InChI=1S/C16H17BrN4O3/c17-13-3-1-5-18-14(13)24-11-4-7-20(10-11)15(22)12-9-19-21-6-2-8-23-16(12)21/h1,3,5,9,11H,2,4,6-8,10H2. The maximum absolute atomic E-state index is 12.8. The van der Waals surface area contributed by atoms with E-state index in [4.69, 9.17) is 9.47 Å². The first-order valence-corrected chi connectivity index (χ1v) is 8.77. The molecule has 2 aromatic heterocycles. The zero-order valence-electron chi connectivity index (χ0n) is 13.0. The van der Waals surface area contributed by atoms with Gasteiger partial charge in [-0.05, 0) is 28.1 Å². The molecule has 1 unspecified atom stereocenters. The second kappa shape index (κ2) is 6.43. The monoisotopic (exact) mass is 392 g/mol. The largest absolute Gasteiger partial charge is 0.477 e. The van der Waals surface area contributed by atoms with E-state index in [1.54, 1.807) is 22.0 Å². The minimum Gasteiger partial charge on any atom is -0.477 e. The van der Waals surface area contributed by atoms with Crippen molar-refractivity contribution in [2.75, 3.05) is 19.7 Å². The molecule has 4 rings (SSSR count). The molecule has 4 heterocycles. The number of hydrogen-bond donors (Lipinski definition) is 0. The van der Waals surface area contributed by atoms with E-state index in [2.05, 4.69) is 26.0 Å². The average molecular weight is 393 g/mol. The lowest BCUT2D eigenvalue weighted by Gasteiger charge is -2.19. The molecule has 0 aromatic carbocycles. The van der Waals surface area contributed by atoms with Gasteiger partial charge in [0.05, 0.1) is 23.8 Å². The molecule has 1 saturated heterocycles. The SMILES string of the molecule is O=C(c1cnn2c1OCCC2)N1CCC(Oc2ncccc2Br)C1. The first kappa shape index (κ1) is 15.4. The second-order valence-electron chi connectivity index (χ2n) is 5.86. The van der Waals surface area contributed by atoms with Crippen LogP contribution in [0.5, 0.6) is 11.8 Å². The number of likely N-dealkylation sites (tertiary alicyclic amines) is 1. The van der Waals surface area contributed by atoms with Crippen molar-refractivity contribution in [1.82, 2.24) is 19.7 Å². The van der Waals surface area contributed by atoms with Gasteiger partial charge in [-0.3, -0.25) is 4.79 Å². The van der Waals surface area contributed by atoms with Gasteiger partial charge in [0.25, 0.3) is 5.91 Å². The molecule has 0 bridgehead atoms. The summed E-state index contributed by atoms with van der Waals surface area (Å²) in [4.78, 5) is 18.8. The van der Waals surface area contributed by atoms with Crippen molar-refractivity contribution in [1.29, 1.82) is 0 Å². The number of amides is 1. The highest BCUT2D eigenvalue weighted by Gasteiger charge is 2.32. The van der Waals surface area contributed by atoms with Crippen molar-refractivity contribution in [3.05, 3.63) is 34.6 Å². The van der Waals surface area contributed by atoms with Gasteiger partial charge >= 0.3 is 0 Å². The van der Waals surface area contributed by atoms with Gasteiger partial charge in [0, 0.05) is 32.1 Å². The van der Waals surface area contributed by atoms with Gasteiger partial charge < -0.3 is 14.4 Å². The zero-order chi connectivity index (χ0) is 16.5. The number of halogens is 1. The molecule has 0 radical (unpaired) electrons. The van der Waals surface area contributed by atoms with Crippen molar-refractivity contribution in [3.8, 4) is 11.8 Å².